The first-order chi connectivity index (χ1) is 9.78. The molecule has 1 aromatic rings. The molecule has 0 saturated heterocycles. The molecule has 110 valence electrons. The Kier molecular flexibility index (Phi) is 4.45. The smallest absolute Gasteiger partial charge is 0.0291 e. The van der Waals surface area contributed by atoms with Crippen LogP contribution in [0.5, 0.6) is 0 Å². The highest BCUT2D eigenvalue weighted by Gasteiger charge is 2.41. The molecular formula is C19H29N. The van der Waals surface area contributed by atoms with Crippen LogP contribution in [0.25, 0.3) is 0 Å². The fraction of sp³-hybridized carbons (Fsp3) is 0.684. The molecule has 20 heavy (non-hydrogen) atoms. The van der Waals surface area contributed by atoms with E-state index in [4.69, 9.17) is 0 Å². The van der Waals surface area contributed by atoms with Crippen LogP contribution in [-0.4, -0.2) is 6.54 Å². The van der Waals surface area contributed by atoms with E-state index in [2.05, 4.69) is 43.4 Å². The van der Waals surface area contributed by atoms with Crippen LogP contribution >= 0.6 is 0 Å². The van der Waals surface area contributed by atoms with E-state index < -0.39 is 0 Å². The first-order valence-corrected chi connectivity index (χ1v) is 8.60. The summed E-state index contributed by atoms with van der Waals surface area (Å²) < 4.78 is 0. The van der Waals surface area contributed by atoms with Gasteiger partial charge in [0.15, 0.2) is 0 Å². The van der Waals surface area contributed by atoms with Crippen molar-refractivity contribution < 1.29 is 0 Å². The second-order valence-electron chi connectivity index (χ2n) is 6.96. The van der Waals surface area contributed by atoms with E-state index in [1.807, 2.05) is 0 Å². The van der Waals surface area contributed by atoms with Gasteiger partial charge in [-0.25, -0.2) is 0 Å². The molecule has 2 aliphatic rings. The van der Waals surface area contributed by atoms with E-state index in [1.54, 1.807) is 0 Å². The van der Waals surface area contributed by atoms with E-state index in [-0.39, 0.29) is 0 Å². The van der Waals surface area contributed by atoms with Crippen molar-refractivity contribution >= 4 is 0 Å². The Labute approximate surface area is 124 Å². The molecule has 0 bridgehead atoms. The van der Waals surface area contributed by atoms with Gasteiger partial charge in [-0.3, -0.25) is 0 Å². The summed E-state index contributed by atoms with van der Waals surface area (Å²) in [7, 11) is 0. The van der Waals surface area contributed by atoms with Crippen LogP contribution in [0.1, 0.15) is 63.1 Å². The molecule has 0 aliphatic heterocycles. The van der Waals surface area contributed by atoms with Crippen LogP contribution < -0.4 is 5.32 Å². The number of benzene rings is 1. The van der Waals surface area contributed by atoms with Crippen molar-refractivity contribution in [2.75, 3.05) is 6.54 Å². The van der Waals surface area contributed by atoms with Gasteiger partial charge in [0.2, 0.25) is 0 Å². The maximum atomic E-state index is 3.79. The summed E-state index contributed by atoms with van der Waals surface area (Å²) in [6, 6.07) is 9.72. The second kappa shape index (κ2) is 6.30. The lowest BCUT2D eigenvalue weighted by atomic mass is 9.97. The summed E-state index contributed by atoms with van der Waals surface area (Å²) in [5.74, 6) is 3.07. The minimum absolute atomic E-state index is 0.491. The Morgan fingerprint density at radius 1 is 1.05 bits per heavy atom. The molecule has 0 amide bonds. The van der Waals surface area contributed by atoms with Crippen molar-refractivity contribution in [3.8, 4) is 0 Å². The van der Waals surface area contributed by atoms with Gasteiger partial charge in [-0.1, -0.05) is 37.6 Å². The molecule has 1 atom stereocenters. The van der Waals surface area contributed by atoms with Crippen molar-refractivity contribution in [3.63, 3.8) is 0 Å². The first-order valence-electron chi connectivity index (χ1n) is 8.60. The number of hydrogen-bond acceptors (Lipinski definition) is 1. The van der Waals surface area contributed by atoms with Crippen LogP contribution in [-0.2, 0) is 6.42 Å². The summed E-state index contributed by atoms with van der Waals surface area (Å²) >= 11 is 0. The molecule has 1 aromatic carbocycles. The zero-order chi connectivity index (χ0) is 13.9. The Balaban J connectivity index is 1.51. The van der Waals surface area contributed by atoms with Gasteiger partial charge in [-0.2, -0.15) is 0 Å². The lowest BCUT2D eigenvalue weighted by Gasteiger charge is -2.21. The topological polar surface area (TPSA) is 12.0 Å². The van der Waals surface area contributed by atoms with Crippen LogP contribution in [0.2, 0.25) is 0 Å². The van der Waals surface area contributed by atoms with Gasteiger partial charge in [0.05, 0.1) is 0 Å². The minimum atomic E-state index is 0.491. The molecular weight excluding hydrogens is 242 g/mol. The Bertz CT molecular complexity index is 402. The second-order valence-corrected chi connectivity index (χ2v) is 6.96. The summed E-state index contributed by atoms with van der Waals surface area (Å²) in [4.78, 5) is 0. The predicted molar refractivity (Wildman–Crippen MR) is 85.8 cm³/mol. The Morgan fingerprint density at radius 3 is 2.15 bits per heavy atom. The molecule has 0 spiro atoms. The number of nitrogens with one attached hydrogen (secondary N) is 1. The fourth-order valence-corrected chi connectivity index (χ4v) is 3.46. The van der Waals surface area contributed by atoms with Gasteiger partial charge in [-0.05, 0) is 74.5 Å². The molecule has 2 fully saturated rings. The summed E-state index contributed by atoms with van der Waals surface area (Å²) in [5.41, 5.74) is 2.91. The van der Waals surface area contributed by atoms with Gasteiger partial charge >= 0.3 is 0 Å². The summed E-state index contributed by atoms with van der Waals surface area (Å²) in [6.07, 6.45) is 8.39. The number of rotatable bonds is 8. The fourth-order valence-electron chi connectivity index (χ4n) is 3.46. The van der Waals surface area contributed by atoms with Gasteiger partial charge in [0.1, 0.15) is 0 Å². The van der Waals surface area contributed by atoms with Crippen molar-refractivity contribution in [1.29, 1.82) is 0 Å². The Hall–Kier alpha value is -0.820. The molecule has 0 radical (unpaired) electrons. The number of aryl methyl sites for hydroxylation is 1. The molecule has 3 rings (SSSR count). The highest BCUT2D eigenvalue weighted by Crippen LogP contribution is 2.48. The van der Waals surface area contributed by atoms with Crippen molar-refractivity contribution in [1.82, 2.24) is 5.32 Å². The highest BCUT2D eigenvalue weighted by molar-refractivity contribution is 5.24. The maximum Gasteiger partial charge on any atom is 0.0291 e. The monoisotopic (exact) mass is 271 g/mol. The third-order valence-corrected chi connectivity index (χ3v) is 5.13. The van der Waals surface area contributed by atoms with Crippen LogP contribution in [0.15, 0.2) is 24.3 Å². The molecule has 2 aliphatic carbocycles. The van der Waals surface area contributed by atoms with E-state index >= 15 is 0 Å². The molecule has 2 saturated carbocycles. The third-order valence-electron chi connectivity index (χ3n) is 5.13. The molecule has 0 aromatic heterocycles. The standard InChI is InChI=1S/C19H29N/c1-3-4-15-5-7-16(8-6-15)14(2)20-13-19(17-9-10-17)18-11-12-18/h5-8,14,17-20H,3-4,9-13H2,1-2H3. The molecule has 1 unspecified atom stereocenters. The van der Waals surface area contributed by atoms with Crippen molar-refractivity contribution in [2.24, 2.45) is 17.8 Å². The molecule has 1 heteroatoms. The maximum absolute atomic E-state index is 3.79. The van der Waals surface area contributed by atoms with Gasteiger partial charge < -0.3 is 5.32 Å². The van der Waals surface area contributed by atoms with Crippen LogP contribution in [0.4, 0.5) is 0 Å². The molecule has 1 N–H and O–H groups in total. The van der Waals surface area contributed by atoms with Crippen LogP contribution in [0.3, 0.4) is 0 Å². The average Bonchev–Trinajstić information content (AvgIpc) is 3.34. The SMILES string of the molecule is CCCc1ccc(C(C)NCC(C2CC2)C2CC2)cc1. The molecule has 0 heterocycles. The largest absolute Gasteiger partial charge is 0.310 e. The van der Waals surface area contributed by atoms with E-state index in [0.717, 1.165) is 17.8 Å². The average molecular weight is 271 g/mol. The van der Waals surface area contributed by atoms with Gasteiger partial charge in [-0.15, -0.1) is 0 Å². The lowest BCUT2D eigenvalue weighted by Crippen LogP contribution is -2.28. The van der Waals surface area contributed by atoms with E-state index in [1.165, 1.54) is 56.2 Å². The summed E-state index contributed by atoms with van der Waals surface area (Å²) in [5, 5.41) is 3.79. The van der Waals surface area contributed by atoms with Crippen molar-refractivity contribution in [3.05, 3.63) is 35.4 Å². The minimum Gasteiger partial charge on any atom is -0.310 e. The van der Waals surface area contributed by atoms with Gasteiger partial charge in [0, 0.05) is 6.04 Å². The van der Waals surface area contributed by atoms with E-state index in [0.29, 0.717) is 6.04 Å². The zero-order valence-corrected chi connectivity index (χ0v) is 13.1. The zero-order valence-electron chi connectivity index (χ0n) is 13.1. The highest BCUT2D eigenvalue weighted by atomic mass is 14.9. The van der Waals surface area contributed by atoms with Crippen LogP contribution in [0, 0.1) is 17.8 Å². The normalized spacial score (nSPS) is 20.4. The third kappa shape index (κ3) is 3.63. The summed E-state index contributed by atoms with van der Waals surface area (Å²) in [6.45, 7) is 5.78. The first kappa shape index (κ1) is 14.1. The van der Waals surface area contributed by atoms with Gasteiger partial charge in [0.25, 0.3) is 0 Å². The predicted octanol–water partition coefficient (Wildman–Crippen LogP) is 4.73. The quantitative estimate of drug-likeness (QED) is 0.721. The number of hydrogen-bond donors (Lipinski definition) is 1. The molecule has 1 nitrogen and oxygen atoms in total. The van der Waals surface area contributed by atoms with E-state index in [9.17, 15) is 0 Å². The Morgan fingerprint density at radius 2 is 1.65 bits per heavy atom. The van der Waals surface area contributed by atoms with Crippen molar-refractivity contribution in [2.45, 2.75) is 58.4 Å². The lowest BCUT2D eigenvalue weighted by molar-refractivity contribution is 0.362.